The molecule has 0 aliphatic heterocycles. The number of carbonyl (C=O) groups excluding carboxylic acids is 1. The topological polar surface area (TPSA) is 107 Å². The third kappa shape index (κ3) is 5.24. The van der Waals surface area contributed by atoms with Crippen LogP contribution in [0.2, 0.25) is 0 Å². The number of carbonyl (C=O) groups is 1. The second-order valence-corrected chi connectivity index (χ2v) is 8.83. The summed E-state index contributed by atoms with van der Waals surface area (Å²) >= 11 is 0. The number of nitrogens with zero attached hydrogens (tertiary/aromatic N) is 1. The van der Waals surface area contributed by atoms with Crippen LogP contribution < -0.4 is 11.2 Å². The van der Waals surface area contributed by atoms with Crippen molar-refractivity contribution in [1.29, 1.82) is 0 Å². The summed E-state index contributed by atoms with van der Waals surface area (Å²) in [5.41, 5.74) is 4.19. The van der Waals surface area contributed by atoms with Gasteiger partial charge >= 0.3 is 5.69 Å². The fourth-order valence-corrected chi connectivity index (χ4v) is 3.78. The van der Waals surface area contributed by atoms with Crippen molar-refractivity contribution in [3.05, 3.63) is 87.5 Å². The molecule has 1 unspecified atom stereocenters. The van der Waals surface area contributed by atoms with Gasteiger partial charge in [0.25, 0.3) is 5.91 Å². The van der Waals surface area contributed by atoms with E-state index in [4.69, 9.17) is 5.21 Å². The van der Waals surface area contributed by atoms with E-state index in [0.717, 1.165) is 16.6 Å². The highest BCUT2D eigenvalue weighted by atomic mass is 16.5. The Morgan fingerprint density at radius 1 is 1.00 bits per heavy atom. The van der Waals surface area contributed by atoms with Crippen molar-refractivity contribution in [1.82, 2.24) is 15.0 Å². The summed E-state index contributed by atoms with van der Waals surface area (Å²) in [5, 5.41) is 19.7. The maximum absolute atomic E-state index is 12.5. The Morgan fingerprint density at radius 3 is 2.16 bits per heavy atom. The zero-order valence-corrected chi connectivity index (χ0v) is 18.1. The number of imidazole rings is 1. The molecule has 4 N–H and O–H groups in total. The third-order valence-corrected chi connectivity index (χ3v) is 5.35. The molecule has 164 valence electrons. The van der Waals surface area contributed by atoms with E-state index in [2.05, 4.69) is 29.2 Å². The Balaban J connectivity index is 1.73. The van der Waals surface area contributed by atoms with E-state index in [0.29, 0.717) is 18.5 Å². The van der Waals surface area contributed by atoms with Crippen LogP contribution in [0.25, 0.3) is 0 Å². The lowest BCUT2D eigenvalue weighted by Gasteiger charge is -2.29. The lowest BCUT2D eigenvalue weighted by molar-refractivity contribution is -0.136. The number of aromatic hydroxyl groups is 1. The molecular formula is C24H29N3O4. The first kappa shape index (κ1) is 22.4. The molecule has 1 aromatic heterocycles. The van der Waals surface area contributed by atoms with Crippen molar-refractivity contribution in [2.75, 3.05) is 0 Å². The van der Waals surface area contributed by atoms with E-state index in [1.807, 2.05) is 30.3 Å². The van der Waals surface area contributed by atoms with Crippen LogP contribution in [0.4, 0.5) is 0 Å². The van der Waals surface area contributed by atoms with E-state index < -0.39 is 23.1 Å². The highest BCUT2D eigenvalue weighted by Gasteiger charge is 2.36. The number of hydrogen-bond donors (Lipinski definition) is 4. The fraction of sp³-hybridized carbons (Fsp3) is 0.333. The van der Waals surface area contributed by atoms with Gasteiger partial charge in [0, 0.05) is 0 Å². The second kappa shape index (κ2) is 9.22. The minimum Gasteiger partial charge on any atom is -0.493 e. The van der Waals surface area contributed by atoms with Gasteiger partial charge in [0.05, 0.1) is 5.69 Å². The molecule has 0 bridgehead atoms. The maximum atomic E-state index is 12.5. The molecule has 3 aromatic rings. The maximum Gasteiger partial charge on any atom is 0.329 e. The summed E-state index contributed by atoms with van der Waals surface area (Å²) in [5.74, 6) is -1.04. The molecule has 1 atom stereocenters. The Kier molecular flexibility index (Phi) is 6.65. The van der Waals surface area contributed by atoms with Gasteiger partial charge in [0.2, 0.25) is 5.88 Å². The monoisotopic (exact) mass is 423 g/mol. The van der Waals surface area contributed by atoms with Crippen molar-refractivity contribution in [3.63, 3.8) is 0 Å². The molecule has 0 aliphatic carbocycles. The fourth-order valence-electron chi connectivity index (χ4n) is 3.78. The zero-order valence-electron chi connectivity index (χ0n) is 18.1. The molecule has 3 rings (SSSR count). The lowest BCUT2D eigenvalue weighted by atomic mass is 9.86. The number of hydrogen-bond acceptors (Lipinski definition) is 4. The Bertz CT molecular complexity index is 1080. The molecule has 31 heavy (non-hydrogen) atoms. The molecule has 0 saturated carbocycles. The van der Waals surface area contributed by atoms with Crippen LogP contribution in [0.3, 0.4) is 0 Å². The van der Waals surface area contributed by atoms with Crippen molar-refractivity contribution in [3.8, 4) is 5.88 Å². The Morgan fingerprint density at radius 2 is 1.58 bits per heavy atom. The molecule has 7 nitrogen and oxygen atoms in total. The molecule has 7 heteroatoms. The highest BCUT2D eigenvalue weighted by molar-refractivity contribution is 5.80. The SMILES string of the molecule is CC(C)(C)C(C(=O)NO)n1c(O)c(CCc2ccc(Cc3ccccc3)cc2)[nH]c1=O. The minimum atomic E-state index is -1.06. The van der Waals surface area contributed by atoms with E-state index in [1.165, 1.54) is 11.1 Å². The van der Waals surface area contributed by atoms with Crippen LogP contribution >= 0.6 is 0 Å². The van der Waals surface area contributed by atoms with Gasteiger partial charge in [0.15, 0.2) is 0 Å². The number of nitrogens with one attached hydrogen (secondary N) is 2. The van der Waals surface area contributed by atoms with Crippen LogP contribution in [-0.4, -0.2) is 25.8 Å². The Hall–Kier alpha value is -3.32. The van der Waals surface area contributed by atoms with E-state index in [1.54, 1.807) is 26.3 Å². The predicted octanol–water partition coefficient (Wildman–Crippen LogP) is 3.35. The minimum absolute atomic E-state index is 0.283. The molecule has 0 spiro atoms. The van der Waals surface area contributed by atoms with Crippen LogP contribution in [0.5, 0.6) is 5.88 Å². The first-order valence-electron chi connectivity index (χ1n) is 10.3. The molecule has 0 saturated heterocycles. The molecule has 1 amide bonds. The zero-order chi connectivity index (χ0) is 22.6. The molecule has 0 radical (unpaired) electrons. The second-order valence-electron chi connectivity index (χ2n) is 8.83. The summed E-state index contributed by atoms with van der Waals surface area (Å²) in [4.78, 5) is 27.3. The van der Waals surface area contributed by atoms with Gasteiger partial charge in [-0.2, -0.15) is 0 Å². The summed E-state index contributed by atoms with van der Waals surface area (Å²) in [7, 11) is 0. The summed E-state index contributed by atoms with van der Waals surface area (Å²) < 4.78 is 1.00. The lowest BCUT2D eigenvalue weighted by Crippen LogP contribution is -2.41. The largest absolute Gasteiger partial charge is 0.493 e. The van der Waals surface area contributed by atoms with Crippen LogP contribution in [0.15, 0.2) is 59.4 Å². The number of aromatic amines is 1. The molecule has 0 aliphatic rings. The normalized spacial score (nSPS) is 12.5. The quantitative estimate of drug-likeness (QED) is 0.345. The molecular weight excluding hydrogens is 394 g/mol. The standard InChI is InChI=1S/C24H29N3O4/c1-24(2,3)20(21(28)26-31)27-22(29)19(25-23(27)30)14-13-16-9-11-18(12-10-16)15-17-7-5-4-6-8-17/h4-12,20,29,31H,13-15H2,1-3H3,(H,25,30)(H,26,28). The first-order valence-corrected chi connectivity index (χ1v) is 10.3. The molecule has 2 aromatic carbocycles. The van der Waals surface area contributed by atoms with Crippen LogP contribution in [0.1, 0.15) is 49.2 Å². The van der Waals surface area contributed by atoms with Gasteiger partial charge in [-0.1, -0.05) is 75.4 Å². The molecule has 1 heterocycles. The van der Waals surface area contributed by atoms with Gasteiger partial charge in [-0.3, -0.25) is 10.0 Å². The van der Waals surface area contributed by atoms with Crippen LogP contribution in [-0.2, 0) is 24.1 Å². The van der Waals surface area contributed by atoms with Crippen molar-refractivity contribution < 1.29 is 15.1 Å². The number of aryl methyl sites for hydroxylation is 2. The number of H-pyrrole nitrogens is 1. The predicted molar refractivity (Wildman–Crippen MR) is 118 cm³/mol. The van der Waals surface area contributed by atoms with Gasteiger partial charge in [-0.05, 0) is 41.4 Å². The number of aromatic nitrogens is 2. The number of rotatable bonds is 7. The smallest absolute Gasteiger partial charge is 0.329 e. The summed E-state index contributed by atoms with van der Waals surface area (Å²) in [6.45, 7) is 5.26. The number of benzene rings is 2. The van der Waals surface area contributed by atoms with Gasteiger partial charge in [-0.15, -0.1) is 0 Å². The average Bonchev–Trinajstić information content (AvgIpc) is 3.01. The first-order chi connectivity index (χ1) is 14.7. The van der Waals surface area contributed by atoms with Gasteiger partial charge in [-0.25, -0.2) is 14.8 Å². The molecule has 0 fully saturated rings. The van der Waals surface area contributed by atoms with Gasteiger partial charge < -0.3 is 10.1 Å². The van der Waals surface area contributed by atoms with Crippen molar-refractivity contribution >= 4 is 5.91 Å². The van der Waals surface area contributed by atoms with E-state index >= 15 is 0 Å². The summed E-state index contributed by atoms with van der Waals surface area (Å²) in [6, 6.07) is 17.4. The van der Waals surface area contributed by atoms with Crippen molar-refractivity contribution in [2.24, 2.45) is 5.41 Å². The Labute approximate surface area is 181 Å². The highest BCUT2D eigenvalue weighted by Crippen LogP contribution is 2.33. The average molecular weight is 424 g/mol. The summed E-state index contributed by atoms with van der Waals surface area (Å²) in [6.07, 6.45) is 1.88. The van der Waals surface area contributed by atoms with Gasteiger partial charge in [0.1, 0.15) is 6.04 Å². The number of amides is 1. The third-order valence-electron chi connectivity index (χ3n) is 5.35. The van der Waals surface area contributed by atoms with Crippen molar-refractivity contribution in [2.45, 2.75) is 46.1 Å². The van der Waals surface area contributed by atoms with E-state index in [-0.39, 0.29) is 5.88 Å². The van der Waals surface area contributed by atoms with Crippen LogP contribution in [0, 0.1) is 5.41 Å². The number of hydroxylamine groups is 1. The van der Waals surface area contributed by atoms with E-state index in [9.17, 15) is 14.7 Å².